The van der Waals surface area contributed by atoms with Gasteiger partial charge in [0.05, 0.1) is 14.2 Å². The maximum atomic E-state index is 13.8. The summed E-state index contributed by atoms with van der Waals surface area (Å²) in [4.78, 5) is 10.5. The van der Waals surface area contributed by atoms with Gasteiger partial charge < -0.3 is 25.4 Å². The summed E-state index contributed by atoms with van der Waals surface area (Å²) in [5.41, 5.74) is 5.82. The number of methoxy groups -OCH3 is 2. The van der Waals surface area contributed by atoms with E-state index in [-0.39, 0.29) is 29.9 Å². The van der Waals surface area contributed by atoms with Crippen LogP contribution in [0, 0.1) is 5.82 Å². The van der Waals surface area contributed by atoms with Crippen LogP contribution in [0.3, 0.4) is 0 Å². The first-order chi connectivity index (χ1) is 8.92. The standard InChI is InChI=1S/C12H16FNO5/c1-18-8-5-6(7(14)3-4-9(15)16)11(17)10(13)12(8)19-2/h5,7,17H,3-4,14H2,1-2H3,(H,15,16). The van der Waals surface area contributed by atoms with E-state index in [2.05, 4.69) is 0 Å². The zero-order valence-corrected chi connectivity index (χ0v) is 10.6. The molecule has 1 aromatic carbocycles. The Morgan fingerprint density at radius 1 is 1.47 bits per heavy atom. The summed E-state index contributed by atoms with van der Waals surface area (Å²) >= 11 is 0. The van der Waals surface area contributed by atoms with Crippen molar-refractivity contribution >= 4 is 5.97 Å². The summed E-state index contributed by atoms with van der Waals surface area (Å²) in [6, 6.07) is 0.523. The number of hydrogen-bond donors (Lipinski definition) is 3. The Bertz CT molecular complexity index is 478. The van der Waals surface area contributed by atoms with E-state index < -0.39 is 23.6 Å². The molecule has 0 aliphatic rings. The summed E-state index contributed by atoms with van der Waals surface area (Å²) in [5, 5.41) is 18.3. The summed E-state index contributed by atoms with van der Waals surface area (Å²) < 4.78 is 23.6. The molecule has 1 unspecified atom stereocenters. The number of benzene rings is 1. The molecule has 0 spiro atoms. The van der Waals surface area contributed by atoms with Gasteiger partial charge in [-0.1, -0.05) is 0 Å². The molecule has 6 nitrogen and oxygen atoms in total. The topological polar surface area (TPSA) is 102 Å². The third-order valence-electron chi connectivity index (χ3n) is 2.68. The SMILES string of the molecule is COc1cc(C(N)CCC(=O)O)c(O)c(F)c1OC. The van der Waals surface area contributed by atoms with E-state index in [1.165, 1.54) is 20.3 Å². The van der Waals surface area contributed by atoms with Crippen molar-refractivity contribution in [2.24, 2.45) is 5.73 Å². The Morgan fingerprint density at radius 3 is 2.58 bits per heavy atom. The maximum absolute atomic E-state index is 13.8. The number of ether oxygens (including phenoxy) is 2. The molecule has 0 saturated heterocycles. The molecule has 0 radical (unpaired) electrons. The Kier molecular flexibility index (Phi) is 4.94. The third kappa shape index (κ3) is 3.25. The molecule has 7 heteroatoms. The van der Waals surface area contributed by atoms with Crippen molar-refractivity contribution in [3.8, 4) is 17.2 Å². The summed E-state index contributed by atoms with van der Waals surface area (Å²) in [6.45, 7) is 0. The predicted molar refractivity (Wildman–Crippen MR) is 65.0 cm³/mol. The molecule has 0 aliphatic heterocycles. The quantitative estimate of drug-likeness (QED) is 0.724. The highest BCUT2D eigenvalue weighted by atomic mass is 19.1. The van der Waals surface area contributed by atoms with Crippen molar-refractivity contribution in [1.29, 1.82) is 0 Å². The van der Waals surface area contributed by atoms with Crippen LogP contribution < -0.4 is 15.2 Å². The summed E-state index contributed by atoms with van der Waals surface area (Å²) in [7, 11) is 2.56. The van der Waals surface area contributed by atoms with Crippen LogP contribution in [0.5, 0.6) is 17.2 Å². The van der Waals surface area contributed by atoms with Crippen molar-refractivity contribution < 1.29 is 28.9 Å². The fraction of sp³-hybridized carbons (Fsp3) is 0.417. The molecule has 106 valence electrons. The Hall–Kier alpha value is -2.02. The number of carboxylic acid groups (broad SMARTS) is 1. The van der Waals surface area contributed by atoms with E-state index in [1.807, 2.05) is 0 Å². The van der Waals surface area contributed by atoms with Gasteiger partial charge in [-0.2, -0.15) is 4.39 Å². The highest BCUT2D eigenvalue weighted by Crippen LogP contribution is 2.40. The second kappa shape index (κ2) is 6.24. The minimum absolute atomic E-state index is 0.0673. The van der Waals surface area contributed by atoms with Crippen molar-refractivity contribution in [3.63, 3.8) is 0 Å². The first-order valence-corrected chi connectivity index (χ1v) is 5.53. The zero-order chi connectivity index (χ0) is 14.6. The van der Waals surface area contributed by atoms with Crippen LogP contribution in [0.4, 0.5) is 4.39 Å². The molecule has 0 aromatic heterocycles. The van der Waals surface area contributed by atoms with Crippen molar-refractivity contribution in [2.75, 3.05) is 14.2 Å². The second-order valence-corrected chi connectivity index (χ2v) is 3.90. The molecule has 0 aliphatic carbocycles. The average Bonchev–Trinajstić information content (AvgIpc) is 2.38. The Morgan fingerprint density at radius 2 is 2.11 bits per heavy atom. The minimum atomic E-state index is -1.02. The van der Waals surface area contributed by atoms with Gasteiger partial charge in [-0.25, -0.2) is 0 Å². The van der Waals surface area contributed by atoms with Crippen LogP contribution in [0.15, 0.2) is 6.07 Å². The first kappa shape index (κ1) is 15.0. The van der Waals surface area contributed by atoms with E-state index in [0.717, 1.165) is 0 Å². The van der Waals surface area contributed by atoms with Gasteiger partial charge in [0, 0.05) is 18.0 Å². The molecule has 4 N–H and O–H groups in total. The molecule has 1 rings (SSSR count). The number of rotatable bonds is 6. The molecular weight excluding hydrogens is 257 g/mol. The summed E-state index contributed by atoms with van der Waals surface area (Å²) in [5.74, 6) is -2.80. The molecule has 0 bridgehead atoms. The lowest BCUT2D eigenvalue weighted by Crippen LogP contribution is -2.13. The molecule has 0 saturated carbocycles. The van der Waals surface area contributed by atoms with E-state index in [0.29, 0.717) is 0 Å². The zero-order valence-electron chi connectivity index (χ0n) is 10.6. The number of carboxylic acids is 1. The normalized spacial score (nSPS) is 12.0. The molecule has 0 fully saturated rings. The van der Waals surface area contributed by atoms with Gasteiger partial charge in [0.25, 0.3) is 0 Å². The van der Waals surface area contributed by atoms with Crippen LogP contribution in [0.1, 0.15) is 24.4 Å². The smallest absolute Gasteiger partial charge is 0.303 e. The first-order valence-electron chi connectivity index (χ1n) is 5.53. The van der Waals surface area contributed by atoms with Gasteiger partial charge in [-0.3, -0.25) is 4.79 Å². The van der Waals surface area contributed by atoms with Crippen LogP contribution in [-0.2, 0) is 4.79 Å². The van der Waals surface area contributed by atoms with Crippen molar-refractivity contribution in [3.05, 3.63) is 17.4 Å². The second-order valence-electron chi connectivity index (χ2n) is 3.90. The largest absolute Gasteiger partial charge is 0.504 e. The number of phenols is 1. The minimum Gasteiger partial charge on any atom is -0.504 e. The van der Waals surface area contributed by atoms with E-state index in [9.17, 15) is 14.3 Å². The Balaban J connectivity index is 3.14. The summed E-state index contributed by atoms with van der Waals surface area (Å²) in [6.07, 6.45) is -0.117. The van der Waals surface area contributed by atoms with Crippen LogP contribution in [0.2, 0.25) is 0 Å². The van der Waals surface area contributed by atoms with Gasteiger partial charge in [0.2, 0.25) is 11.6 Å². The number of phenolic OH excluding ortho intramolecular Hbond substituents is 1. The number of hydrogen-bond acceptors (Lipinski definition) is 5. The number of aromatic hydroxyl groups is 1. The fourth-order valence-corrected chi connectivity index (χ4v) is 1.68. The molecular formula is C12H16FNO5. The molecule has 0 amide bonds. The van der Waals surface area contributed by atoms with Crippen LogP contribution in [0.25, 0.3) is 0 Å². The van der Waals surface area contributed by atoms with Crippen LogP contribution in [-0.4, -0.2) is 30.4 Å². The highest BCUT2D eigenvalue weighted by Gasteiger charge is 2.23. The third-order valence-corrected chi connectivity index (χ3v) is 2.68. The number of halogens is 1. The van der Waals surface area contributed by atoms with Crippen molar-refractivity contribution in [1.82, 2.24) is 0 Å². The van der Waals surface area contributed by atoms with Gasteiger partial charge in [0.15, 0.2) is 11.5 Å². The van der Waals surface area contributed by atoms with E-state index in [1.54, 1.807) is 0 Å². The average molecular weight is 273 g/mol. The molecule has 1 aromatic rings. The monoisotopic (exact) mass is 273 g/mol. The lowest BCUT2D eigenvalue weighted by atomic mass is 10.0. The van der Waals surface area contributed by atoms with Gasteiger partial charge in [0.1, 0.15) is 0 Å². The Labute approximate surface area is 109 Å². The van der Waals surface area contributed by atoms with Gasteiger partial charge >= 0.3 is 5.97 Å². The number of aliphatic carboxylic acids is 1. The van der Waals surface area contributed by atoms with Crippen LogP contribution >= 0.6 is 0 Å². The number of nitrogens with two attached hydrogens (primary N) is 1. The van der Waals surface area contributed by atoms with Gasteiger partial charge in [-0.05, 0) is 12.5 Å². The lowest BCUT2D eigenvalue weighted by molar-refractivity contribution is -0.137. The molecule has 19 heavy (non-hydrogen) atoms. The maximum Gasteiger partial charge on any atom is 0.303 e. The predicted octanol–water partition coefficient (Wildman–Crippen LogP) is 1.41. The fourth-order valence-electron chi connectivity index (χ4n) is 1.68. The van der Waals surface area contributed by atoms with E-state index >= 15 is 0 Å². The highest BCUT2D eigenvalue weighted by molar-refractivity contribution is 5.66. The van der Waals surface area contributed by atoms with Gasteiger partial charge in [-0.15, -0.1) is 0 Å². The number of carbonyl (C=O) groups is 1. The molecule has 1 atom stereocenters. The lowest BCUT2D eigenvalue weighted by Gasteiger charge is -2.17. The molecule has 0 heterocycles. The van der Waals surface area contributed by atoms with E-state index in [4.69, 9.17) is 20.3 Å². The van der Waals surface area contributed by atoms with Crippen molar-refractivity contribution in [2.45, 2.75) is 18.9 Å².